The molecule has 0 radical (unpaired) electrons. The number of methoxy groups -OCH3 is 1. The van der Waals surface area contributed by atoms with Gasteiger partial charge in [0.15, 0.2) is 5.43 Å². The quantitative estimate of drug-likeness (QED) is 0.298. The van der Waals surface area contributed by atoms with E-state index in [-0.39, 0.29) is 11.5 Å². The van der Waals surface area contributed by atoms with Gasteiger partial charge in [-0.25, -0.2) is 0 Å². The van der Waals surface area contributed by atoms with Gasteiger partial charge in [0.25, 0.3) is 0 Å². The first-order chi connectivity index (χ1) is 17.8. The van der Waals surface area contributed by atoms with Crippen LogP contribution in [0.3, 0.4) is 0 Å². The number of aromatic nitrogens is 2. The van der Waals surface area contributed by atoms with E-state index in [1.807, 2.05) is 6.07 Å². The molecule has 1 aliphatic carbocycles. The minimum Gasteiger partial charge on any atom is -0.496 e. The van der Waals surface area contributed by atoms with Crippen molar-refractivity contribution in [3.63, 3.8) is 0 Å². The van der Waals surface area contributed by atoms with Gasteiger partial charge in [0, 0.05) is 22.5 Å². The van der Waals surface area contributed by atoms with E-state index in [1.165, 1.54) is 25.3 Å². The molecule has 2 heterocycles. The first-order valence-corrected chi connectivity index (χ1v) is 13.4. The molecule has 1 aliphatic rings. The summed E-state index contributed by atoms with van der Waals surface area (Å²) in [5, 5.41) is 11.1. The Kier molecular flexibility index (Phi) is 5.31. The summed E-state index contributed by atoms with van der Waals surface area (Å²) >= 11 is 0. The highest BCUT2D eigenvalue weighted by molar-refractivity contribution is 7.86. The van der Waals surface area contributed by atoms with Crippen LogP contribution in [-0.4, -0.2) is 25.1 Å². The monoisotopic (exact) mass is 515 g/mol. The predicted molar refractivity (Wildman–Crippen MR) is 140 cm³/mol. The fourth-order valence-corrected chi connectivity index (χ4v) is 6.13. The molecule has 6 rings (SSSR count). The zero-order valence-corrected chi connectivity index (χ0v) is 20.7. The van der Waals surface area contributed by atoms with Gasteiger partial charge in [0.05, 0.1) is 39.9 Å². The second-order valence-electron chi connectivity index (χ2n) is 9.39. The molecule has 0 spiro atoms. The Balaban J connectivity index is 1.74. The van der Waals surface area contributed by atoms with Gasteiger partial charge in [0.1, 0.15) is 11.4 Å². The van der Waals surface area contributed by atoms with Gasteiger partial charge in [-0.05, 0) is 54.8 Å². The summed E-state index contributed by atoms with van der Waals surface area (Å²) in [6.45, 7) is 0. The van der Waals surface area contributed by atoms with Gasteiger partial charge in [-0.1, -0.05) is 31.0 Å². The lowest BCUT2D eigenvalue weighted by Gasteiger charge is -2.21. The molecule has 3 aromatic carbocycles. The Morgan fingerprint density at radius 3 is 2.57 bits per heavy atom. The van der Waals surface area contributed by atoms with E-state index < -0.39 is 15.1 Å². The van der Waals surface area contributed by atoms with Crippen LogP contribution < -0.4 is 10.2 Å². The molecule has 1 fully saturated rings. The Morgan fingerprint density at radius 1 is 1.08 bits per heavy atom. The zero-order chi connectivity index (χ0) is 25.9. The van der Waals surface area contributed by atoms with Crippen molar-refractivity contribution in [1.82, 2.24) is 9.55 Å². The van der Waals surface area contributed by atoms with Crippen LogP contribution >= 0.6 is 0 Å². The second-order valence-corrected chi connectivity index (χ2v) is 10.7. The highest BCUT2D eigenvalue weighted by atomic mass is 32.3. The highest BCUT2D eigenvalue weighted by Gasteiger charge is 2.25. The van der Waals surface area contributed by atoms with Gasteiger partial charge in [-0.15, -0.1) is 3.89 Å². The molecule has 5 aromatic rings. The number of nitriles is 1. The highest BCUT2D eigenvalue weighted by Crippen LogP contribution is 2.40. The maximum Gasteiger partial charge on any atom is 0.332 e. The van der Waals surface area contributed by atoms with Crippen LogP contribution in [0.1, 0.15) is 37.3 Å². The standard InChI is InChI=1S/C28H22FN3O4S/c1-36-25-14-22-24(13-21(25)17-5-4-8-19(12-17)37(29,34)35)32(18-6-2-3-7-18)28-26(27(22)33)20-10-9-16(15-30)11-23(20)31-28/h4-5,8-14,18,31H,2-3,6-7H2,1H3. The van der Waals surface area contributed by atoms with E-state index in [2.05, 4.69) is 15.6 Å². The maximum atomic E-state index is 13.9. The van der Waals surface area contributed by atoms with Crippen LogP contribution in [0.2, 0.25) is 0 Å². The SMILES string of the molecule is COc1cc2c(=O)c3c4ccc(C#N)cc4[nH]c3n(C3CCCC3)c2cc1-c1cccc(S(=O)(=O)F)c1. The number of fused-ring (bicyclic) bond motifs is 4. The molecule has 9 heteroatoms. The number of H-pyrrole nitrogens is 1. The largest absolute Gasteiger partial charge is 0.496 e. The van der Waals surface area contributed by atoms with E-state index >= 15 is 0 Å². The summed E-state index contributed by atoms with van der Waals surface area (Å²) in [5.41, 5.74) is 3.41. The smallest absolute Gasteiger partial charge is 0.332 e. The normalized spacial score (nSPS) is 14.5. The molecule has 2 aromatic heterocycles. The van der Waals surface area contributed by atoms with Crippen molar-refractivity contribution in [3.8, 4) is 22.9 Å². The number of pyridine rings is 1. The number of halogens is 1. The molecule has 0 saturated heterocycles. The van der Waals surface area contributed by atoms with Crippen molar-refractivity contribution in [2.45, 2.75) is 36.6 Å². The van der Waals surface area contributed by atoms with Gasteiger partial charge < -0.3 is 14.3 Å². The lowest BCUT2D eigenvalue weighted by atomic mass is 10.00. The average Bonchev–Trinajstić information content (AvgIpc) is 3.56. The molecule has 0 amide bonds. The third-order valence-electron chi connectivity index (χ3n) is 7.31. The van der Waals surface area contributed by atoms with Crippen LogP contribution in [0.15, 0.2) is 64.3 Å². The lowest BCUT2D eigenvalue weighted by Crippen LogP contribution is -2.14. The Labute approximate surface area is 211 Å². The van der Waals surface area contributed by atoms with Crippen LogP contribution in [-0.2, 0) is 10.2 Å². The second kappa shape index (κ2) is 8.46. The van der Waals surface area contributed by atoms with E-state index in [0.29, 0.717) is 49.9 Å². The molecule has 0 bridgehead atoms. The molecular formula is C28H22FN3O4S. The minimum atomic E-state index is -4.90. The third kappa shape index (κ3) is 3.67. The van der Waals surface area contributed by atoms with Crippen LogP contribution in [0.25, 0.3) is 44.0 Å². The fraction of sp³-hybridized carbons (Fsp3) is 0.214. The van der Waals surface area contributed by atoms with Crippen molar-refractivity contribution in [2.75, 3.05) is 7.11 Å². The number of nitrogens with zero attached hydrogens (tertiary/aromatic N) is 2. The summed E-state index contributed by atoms with van der Waals surface area (Å²) in [6.07, 6.45) is 4.03. The molecule has 1 saturated carbocycles. The van der Waals surface area contributed by atoms with Crippen molar-refractivity contribution in [2.24, 2.45) is 0 Å². The molecule has 7 nitrogen and oxygen atoms in total. The van der Waals surface area contributed by atoms with Crippen LogP contribution in [0, 0.1) is 11.3 Å². The molecule has 0 unspecified atom stereocenters. The number of aromatic amines is 1. The molecule has 186 valence electrons. The van der Waals surface area contributed by atoms with E-state index in [0.717, 1.165) is 31.1 Å². The van der Waals surface area contributed by atoms with Gasteiger partial charge in [0.2, 0.25) is 0 Å². The van der Waals surface area contributed by atoms with Crippen molar-refractivity contribution in [1.29, 1.82) is 5.26 Å². The number of hydrogen-bond acceptors (Lipinski definition) is 5. The van der Waals surface area contributed by atoms with E-state index in [9.17, 15) is 22.4 Å². The van der Waals surface area contributed by atoms with E-state index in [4.69, 9.17) is 4.74 Å². The summed E-state index contributed by atoms with van der Waals surface area (Å²) in [5.74, 6) is 0.377. The number of nitrogens with one attached hydrogen (secondary N) is 1. The molecule has 37 heavy (non-hydrogen) atoms. The summed E-state index contributed by atoms with van der Waals surface area (Å²) < 4.78 is 44.7. The van der Waals surface area contributed by atoms with Crippen LogP contribution in [0.4, 0.5) is 3.89 Å². The first-order valence-electron chi connectivity index (χ1n) is 12.0. The van der Waals surface area contributed by atoms with Gasteiger partial charge in [-0.3, -0.25) is 4.79 Å². The van der Waals surface area contributed by atoms with Gasteiger partial charge in [-0.2, -0.15) is 13.7 Å². The Bertz CT molecular complexity index is 1940. The topological polar surface area (TPSA) is 105 Å². The first kappa shape index (κ1) is 23.3. The summed E-state index contributed by atoms with van der Waals surface area (Å²) in [7, 11) is -3.42. The Hall–Kier alpha value is -4.16. The molecule has 1 N–H and O–H groups in total. The molecule has 0 aliphatic heterocycles. The van der Waals surface area contributed by atoms with Crippen molar-refractivity contribution >= 4 is 43.1 Å². The summed E-state index contributed by atoms with van der Waals surface area (Å²) in [4.78, 5) is 16.9. The zero-order valence-electron chi connectivity index (χ0n) is 19.9. The average molecular weight is 516 g/mol. The van der Waals surface area contributed by atoms with Crippen molar-refractivity contribution < 1.29 is 17.0 Å². The Morgan fingerprint density at radius 2 is 1.86 bits per heavy atom. The maximum absolute atomic E-state index is 13.9. The van der Waals surface area contributed by atoms with E-state index in [1.54, 1.807) is 30.3 Å². The third-order valence-corrected chi connectivity index (χ3v) is 8.13. The molecule has 0 atom stereocenters. The van der Waals surface area contributed by atoms with Gasteiger partial charge >= 0.3 is 10.2 Å². The molecular weight excluding hydrogens is 493 g/mol. The lowest BCUT2D eigenvalue weighted by molar-refractivity contribution is 0.417. The fourth-order valence-electron chi connectivity index (χ4n) is 5.62. The predicted octanol–water partition coefficient (Wildman–Crippen LogP) is 5.96. The number of hydrogen-bond donors (Lipinski definition) is 1. The summed E-state index contributed by atoms with van der Waals surface area (Å²) in [6, 6.07) is 16.7. The minimum absolute atomic E-state index is 0.146. The number of ether oxygens (including phenoxy) is 1. The number of benzene rings is 3. The van der Waals surface area contributed by atoms with Crippen molar-refractivity contribution in [3.05, 3.63) is 70.4 Å². The van der Waals surface area contributed by atoms with Crippen LogP contribution in [0.5, 0.6) is 5.75 Å². The number of rotatable bonds is 4.